The van der Waals surface area contributed by atoms with Gasteiger partial charge < -0.3 is 0 Å². The number of anilines is 1. The van der Waals surface area contributed by atoms with Crippen LogP contribution in [0.4, 0.5) is 27.8 Å². The third-order valence-electron chi connectivity index (χ3n) is 5.80. The Morgan fingerprint density at radius 2 is 1.46 bits per heavy atom. The van der Waals surface area contributed by atoms with E-state index in [4.69, 9.17) is 0 Å². The summed E-state index contributed by atoms with van der Waals surface area (Å²) in [6.07, 6.45) is 4.01. The van der Waals surface area contributed by atoms with E-state index < -0.39 is 52.5 Å². The Balaban J connectivity index is 0.00000205. The smallest absolute Gasteiger partial charge is 0.232 e. The summed E-state index contributed by atoms with van der Waals surface area (Å²) in [5.74, 6) is -8.19. The topological polar surface area (TPSA) is 46.1 Å². The molecule has 0 saturated carbocycles. The van der Waals surface area contributed by atoms with Crippen molar-refractivity contribution in [2.24, 2.45) is 0 Å². The van der Waals surface area contributed by atoms with Crippen molar-refractivity contribution in [1.82, 2.24) is 9.97 Å². The molecule has 202 valence electrons. The second kappa shape index (κ2) is 12.9. The number of aromatic nitrogens is 2. The summed E-state index contributed by atoms with van der Waals surface area (Å²) < 4.78 is 69.1. The van der Waals surface area contributed by atoms with E-state index in [1.54, 1.807) is 12.2 Å². The number of carbonyl (C=O) groups is 1. The maximum Gasteiger partial charge on any atom is 0.232 e. The molecule has 0 unspecified atom stereocenters. The molecular weight excluding hydrogens is 513 g/mol. The van der Waals surface area contributed by atoms with Gasteiger partial charge in [0, 0.05) is 18.2 Å². The lowest BCUT2D eigenvalue weighted by Crippen LogP contribution is -2.30. The lowest BCUT2D eigenvalue weighted by Gasteiger charge is -2.20. The van der Waals surface area contributed by atoms with Gasteiger partial charge in [-0.15, -0.1) is 0 Å². The van der Waals surface area contributed by atoms with Crippen molar-refractivity contribution in [2.45, 2.75) is 27.2 Å². The van der Waals surface area contributed by atoms with Crippen LogP contribution in [-0.2, 0) is 11.2 Å². The molecule has 4 aromatic rings. The summed E-state index contributed by atoms with van der Waals surface area (Å²) in [7, 11) is 1.35. The van der Waals surface area contributed by atoms with Crippen molar-refractivity contribution in [3.63, 3.8) is 0 Å². The Kier molecular flexibility index (Phi) is 9.65. The summed E-state index contributed by atoms with van der Waals surface area (Å²) in [6, 6.07) is 14.9. The van der Waals surface area contributed by atoms with Crippen LogP contribution < -0.4 is 4.90 Å². The van der Waals surface area contributed by atoms with Gasteiger partial charge in [-0.1, -0.05) is 50.3 Å². The molecule has 0 aliphatic rings. The van der Waals surface area contributed by atoms with Crippen LogP contribution in [0.1, 0.15) is 36.2 Å². The Labute approximate surface area is 223 Å². The number of amides is 1. The van der Waals surface area contributed by atoms with Gasteiger partial charge >= 0.3 is 0 Å². The van der Waals surface area contributed by atoms with Gasteiger partial charge in [0.25, 0.3) is 0 Å². The zero-order valence-electron chi connectivity index (χ0n) is 21.8. The molecule has 4 nitrogen and oxygen atoms in total. The Morgan fingerprint density at radius 3 is 2.10 bits per heavy atom. The quantitative estimate of drug-likeness (QED) is 0.144. The molecule has 9 heteroatoms. The van der Waals surface area contributed by atoms with Gasteiger partial charge in [0.15, 0.2) is 29.1 Å². The van der Waals surface area contributed by atoms with Crippen molar-refractivity contribution in [3.8, 4) is 11.3 Å². The van der Waals surface area contributed by atoms with Crippen LogP contribution in [0.25, 0.3) is 23.4 Å². The summed E-state index contributed by atoms with van der Waals surface area (Å²) in [5, 5.41) is 0. The summed E-state index contributed by atoms with van der Waals surface area (Å²) in [4.78, 5) is 23.0. The zero-order chi connectivity index (χ0) is 28.7. The fourth-order valence-corrected chi connectivity index (χ4v) is 3.65. The molecular formula is C30H26F5N3O. The number of hydrogen-bond donors (Lipinski definition) is 0. The summed E-state index contributed by atoms with van der Waals surface area (Å²) in [5.41, 5.74) is 0.993. The number of likely N-dealkylation sites (N-methyl/N-ethyl adjacent to an activating group) is 1. The Hall–Kier alpha value is -4.40. The highest BCUT2D eigenvalue weighted by molar-refractivity contribution is 5.95. The largest absolute Gasteiger partial charge is 0.298 e. The fraction of sp³-hybridized carbons (Fsp3) is 0.167. The van der Waals surface area contributed by atoms with Crippen molar-refractivity contribution in [2.75, 3.05) is 11.9 Å². The molecule has 0 aliphatic carbocycles. The number of benzene rings is 3. The standard InChI is InChI=1S/C28H20F5N3O.C2H6/c1-16-20(25(31)27(33)26(32)24(16)30)14-23(37)36(2)28-21(13-8-17-6-4-3-5-7-17)35-22(15-34-28)18-9-11-19(29)12-10-18;1-2/h3-13,15H,14H2,1-2H3;1-2H3/b13-8+;. The summed E-state index contributed by atoms with van der Waals surface area (Å²) in [6.45, 7) is 5.06. The number of rotatable bonds is 6. The molecule has 0 atom stereocenters. The van der Waals surface area contributed by atoms with Gasteiger partial charge in [0.2, 0.25) is 5.91 Å². The number of nitrogens with zero attached hydrogens (tertiary/aromatic N) is 3. The van der Waals surface area contributed by atoms with Crippen LogP contribution in [-0.4, -0.2) is 22.9 Å². The molecule has 3 aromatic carbocycles. The Bertz CT molecular complexity index is 1460. The lowest BCUT2D eigenvalue weighted by molar-refractivity contribution is -0.117. The zero-order valence-corrected chi connectivity index (χ0v) is 21.8. The Morgan fingerprint density at radius 1 is 0.846 bits per heavy atom. The molecule has 4 rings (SSSR count). The molecule has 0 radical (unpaired) electrons. The van der Waals surface area contributed by atoms with Crippen LogP contribution >= 0.6 is 0 Å². The van der Waals surface area contributed by atoms with Crippen molar-refractivity contribution < 1.29 is 26.7 Å². The molecule has 0 bridgehead atoms. The third-order valence-corrected chi connectivity index (χ3v) is 5.80. The minimum Gasteiger partial charge on any atom is -0.298 e. The molecule has 0 saturated heterocycles. The third kappa shape index (κ3) is 6.54. The van der Waals surface area contributed by atoms with E-state index in [-0.39, 0.29) is 11.5 Å². The van der Waals surface area contributed by atoms with Gasteiger partial charge in [-0.25, -0.2) is 31.9 Å². The van der Waals surface area contributed by atoms with Crippen LogP contribution in [0.3, 0.4) is 0 Å². The maximum absolute atomic E-state index is 14.4. The number of halogens is 5. The van der Waals surface area contributed by atoms with E-state index >= 15 is 0 Å². The maximum atomic E-state index is 14.4. The lowest BCUT2D eigenvalue weighted by atomic mass is 10.0. The SMILES string of the molecule is CC.Cc1c(F)c(F)c(F)c(F)c1CC(=O)N(C)c1ncc(-c2ccc(F)cc2)nc1/C=C/c1ccccc1. The molecule has 0 aliphatic heterocycles. The molecule has 1 heterocycles. The highest BCUT2D eigenvalue weighted by Crippen LogP contribution is 2.27. The monoisotopic (exact) mass is 539 g/mol. The number of carbonyl (C=O) groups excluding carboxylic acids is 1. The second-order valence-electron chi connectivity index (χ2n) is 8.20. The average Bonchev–Trinajstić information content (AvgIpc) is 2.97. The first kappa shape index (κ1) is 29.2. The van der Waals surface area contributed by atoms with Crippen molar-refractivity contribution >= 4 is 23.9 Å². The van der Waals surface area contributed by atoms with Crippen LogP contribution in [0.15, 0.2) is 60.8 Å². The van der Waals surface area contributed by atoms with Crippen molar-refractivity contribution in [1.29, 1.82) is 0 Å². The first-order valence-corrected chi connectivity index (χ1v) is 12.1. The van der Waals surface area contributed by atoms with Gasteiger partial charge in [-0.2, -0.15) is 0 Å². The highest BCUT2D eigenvalue weighted by atomic mass is 19.2. The fourth-order valence-electron chi connectivity index (χ4n) is 3.65. The minimum absolute atomic E-state index is 0.0872. The molecule has 39 heavy (non-hydrogen) atoms. The average molecular weight is 540 g/mol. The van der Waals surface area contributed by atoms with E-state index in [1.807, 2.05) is 44.2 Å². The second-order valence-corrected chi connectivity index (χ2v) is 8.20. The van der Waals surface area contributed by atoms with Crippen molar-refractivity contribution in [3.05, 3.63) is 112 Å². The predicted octanol–water partition coefficient (Wildman–Crippen LogP) is 7.55. The van der Waals surface area contributed by atoms with Gasteiger partial charge in [0.05, 0.1) is 18.3 Å². The highest BCUT2D eigenvalue weighted by Gasteiger charge is 2.26. The minimum atomic E-state index is -1.98. The molecule has 1 amide bonds. The van der Waals surface area contributed by atoms with E-state index in [1.165, 1.54) is 37.5 Å². The van der Waals surface area contributed by atoms with Gasteiger partial charge in [-0.05, 0) is 48.4 Å². The molecule has 1 aromatic heterocycles. The summed E-state index contributed by atoms with van der Waals surface area (Å²) >= 11 is 0. The normalized spacial score (nSPS) is 10.8. The first-order valence-electron chi connectivity index (χ1n) is 12.1. The van der Waals surface area contributed by atoms with Crippen LogP contribution in [0, 0.1) is 36.0 Å². The van der Waals surface area contributed by atoms with E-state index in [9.17, 15) is 26.7 Å². The van der Waals surface area contributed by atoms with Gasteiger partial charge in [0.1, 0.15) is 11.5 Å². The van der Waals surface area contributed by atoms with Crippen LogP contribution in [0.5, 0.6) is 0 Å². The van der Waals surface area contributed by atoms with Gasteiger partial charge in [-0.3, -0.25) is 9.69 Å². The molecule has 0 N–H and O–H groups in total. The van der Waals surface area contributed by atoms with Crippen LogP contribution in [0.2, 0.25) is 0 Å². The molecule has 0 spiro atoms. The van der Waals surface area contributed by atoms with E-state index in [2.05, 4.69) is 9.97 Å². The molecule has 0 fully saturated rings. The predicted molar refractivity (Wildman–Crippen MR) is 142 cm³/mol. The first-order chi connectivity index (χ1) is 18.7. The number of hydrogen-bond acceptors (Lipinski definition) is 3. The van der Waals surface area contributed by atoms with E-state index in [0.29, 0.717) is 11.3 Å². The van der Waals surface area contributed by atoms with E-state index in [0.717, 1.165) is 17.4 Å².